The van der Waals surface area contributed by atoms with Crippen LogP contribution in [0, 0.1) is 6.92 Å². The van der Waals surface area contributed by atoms with Gasteiger partial charge in [-0.25, -0.2) is 0 Å². The van der Waals surface area contributed by atoms with Gasteiger partial charge in [0.25, 0.3) is 5.91 Å². The molecule has 25 heavy (non-hydrogen) atoms. The summed E-state index contributed by atoms with van der Waals surface area (Å²) in [6.45, 7) is 2.28. The highest BCUT2D eigenvalue weighted by atomic mass is 16.2. The van der Waals surface area contributed by atoms with Gasteiger partial charge in [0.05, 0.1) is 6.42 Å². The maximum Gasteiger partial charge on any atom is 0.251 e. The second-order valence-electron chi connectivity index (χ2n) is 5.77. The molecule has 6 nitrogen and oxygen atoms in total. The first-order valence-electron chi connectivity index (χ1n) is 7.93. The number of hydrogen-bond acceptors (Lipinski definition) is 3. The molecule has 0 bridgehead atoms. The monoisotopic (exact) mass is 339 g/mol. The van der Waals surface area contributed by atoms with Crippen molar-refractivity contribution in [2.75, 3.05) is 0 Å². The van der Waals surface area contributed by atoms with Gasteiger partial charge in [0.15, 0.2) is 0 Å². The van der Waals surface area contributed by atoms with E-state index in [1.54, 1.807) is 30.3 Å². The maximum atomic E-state index is 12.4. The third kappa shape index (κ3) is 5.76. The van der Waals surface area contributed by atoms with Crippen LogP contribution in [0.4, 0.5) is 0 Å². The molecule has 0 fully saturated rings. The Labute approximate surface area is 146 Å². The molecule has 2 aromatic rings. The van der Waals surface area contributed by atoms with Gasteiger partial charge in [0.2, 0.25) is 11.8 Å². The first-order chi connectivity index (χ1) is 12.0. The molecule has 2 aromatic carbocycles. The fourth-order valence-electron chi connectivity index (χ4n) is 2.26. The summed E-state index contributed by atoms with van der Waals surface area (Å²) in [4.78, 5) is 35.8. The number of nitrogens with two attached hydrogens (primary N) is 1. The van der Waals surface area contributed by atoms with Crippen molar-refractivity contribution < 1.29 is 14.4 Å². The maximum absolute atomic E-state index is 12.4. The van der Waals surface area contributed by atoms with Gasteiger partial charge in [-0.2, -0.15) is 0 Å². The van der Waals surface area contributed by atoms with Crippen LogP contribution in [0.3, 0.4) is 0 Å². The average molecular weight is 339 g/mol. The van der Waals surface area contributed by atoms with E-state index >= 15 is 0 Å². The number of hydrogen-bond donors (Lipinski definition) is 3. The minimum absolute atomic E-state index is 0.266. The molecular formula is C19H21N3O3. The summed E-state index contributed by atoms with van der Waals surface area (Å²) in [6.07, 6.45) is -0.266. The largest absolute Gasteiger partial charge is 0.370 e. The van der Waals surface area contributed by atoms with Crippen LogP contribution in [0.25, 0.3) is 0 Å². The SMILES string of the molecule is Cc1ccc(CNC(=O)[C@H](CC(N)=O)NC(=O)c2ccccc2)cc1. The normalized spacial score (nSPS) is 11.4. The lowest BCUT2D eigenvalue weighted by molar-refractivity contribution is -0.127. The lowest BCUT2D eigenvalue weighted by Crippen LogP contribution is -2.48. The Hall–Kier alpha value is -3.15. The smallest absolute Gasteiger partial charge is 0.251 e. The van der Waals surface area contributed by atoms with Crippen molar-refractivity contribution in [1.82, 2.24) is 10.6 Å². The highest BCUT2D eigenvalue weighted by Gasteiger charge is 2.23. The fraction of sp³-hybridized carbons (Fsp3) is 0.211. The zero-order chi connectivity index (χ0) is 18.2. The van der Waals surface area contributed by atoms with Crippen LogP contribution >= 0.6 is 0 Å². The van der Waals surface area contributed by atoms with E-state index < -0.39 is 23.8 Å². The summed E-state index contributed by atoms with van der Waals surface area (Å²) >= 11 is 0. The molecule has 4 N–H and O–H groups in total. The number of amides is 3. The zero-order valence-electron chi connectivity index (χ0n) is 14.0. The van der Waals surface area contributed by atoms with E-state index in [9.17, 15) is 14.4 Å². The van der Waals surface area contributed by atoms with Crippen LogP contribution in [0.5, 0.6) is 0 Å². The van der Waals surface area contributed by atoms with E-state index in [1.165, 1.54) is 0 Å². The number of benzene rings is 2. The summed E-state index contributed by atoms with van der Waals surface area (Å²) in [5.74, 6) is -1.55. The molecule has 3 amide bonds. The van der Waals surface area contributed by atoms with Crippen molar-refractivity contribution in [2.45, 2.75) is 25.9 Å². The van der Waals surface area contributed by atoms with Gasteiger partial charge in [-0.05, 0) is 24.6 Å². The van der Waals surface area contributed by atoms with Gasteiger partial charge < -0.3 is 16.4 Å². The van der Waals surface area contributed by atoms with E-state index in [0.29, 0.717) is 12.1 Å². The summed E-state index contributed by atoms with van der Waals surface area (Å²) in [5, 5.41) is 5.28. The van der Waals surface area contributed by atoms with Gasteiger partial charge >= 0.3 is 0 Å². The van der Waals surface area contributed by atoms with Crippen molar-refractivity contribution in [3.05, 3.63) is 71.3 Å². The van der Waals surface area contributed by atoms with Crippen molar-refractivity contribution in [2.24, 2.45) is 5.73 Å². The third-order valence-corrected chi connectivity index (χ3v) is 3.65. The molecule has 0 radical (unpaired) electrons. The number of nitrogens with one attached hydrogen (secondary N) is 2. The van der Waals surface area contributed by atoms with Crippen molar-refractivity contribution in [3.63, 3.8) is 0 Å². The molecule has 0 aliphatic rings. The predicted octanol–water partition coefficient (Wildman–Crippen LogP) is 1.29. The fourth-order valence-corrected chi connectivity index (χ4v) is 2.26. The minimum atomic E-state index is -1.02. The van der Waals surface area contributed by atoms with Gasteiger partial charge in [0.1, 0.15) is 6.04 Å². The van der Waals surface area contributed by atoms with E-state index in [4.69, 9.17) is 5.73 Å². The molecule has 1 atom stereocenters. The van der Waals surface area contributed by atoms with Crippen molar-refractivity contribution in [3.8, 4) is 0 Å². The predicted molar refractivity (Wildman–Crippen MR) is 94.5 cm³/mol. The van der Waals surface area contributed by atoms with Crippen LogP contribution < -0.4 is 16.4 Å². The Kier molecular flexibility index (Phi) is 6.28. The van der Waals surface area contributed by atoms with Crippen molar-refractivity contribution >= 4 is 17.7 Å². The molecule has 0 aliphatic carbocycles. The number of aryl methyl sites for hydroxylation is 1. The Bertz CT molecular complexity index is 742. The van der Waals surface area contributed by atoms with Crippen LogP contribution in [-0.4, -0.2) is 23.8 Å². The molecule has 0 aliphatic heterocycles. The number of rotatable bonds is 7. The third-order valence-electron chi connectivity index (χ3n) is 3.65. The van der Waals surface area contributed by atoms with Crippen molar-refractivity contribution in [1.29, 1.82) is 0 Å². The Morgan fingerprint density at radius 2 is 1.64 bits per heavy atom. The van der Waals surface area contributed by atoms with Gasteiger partial charge in [0, 0.05) is 12.1 Å². The molecule has 2 rings (SSSR count). The van der Waals surface area contributed by atoms with Gasteiger partial charge in [-0.15, -0.1) is 0 Å². The number of carbonyl (C=O) groups excluding carboxylic acids is 3. The first-order valence-corrected chi connectivity index (χ1v) is 7.93. The van der Waals surface area contributed by atoms with E-state index in [2.05, 4.69) is 10.6 Å². The Morgan fingerprint density at radius 1 is 1.00 bits per heavy atom. The zero-order valence-corrected chi connectivity index (χ0v) is 14.0. The number of carbonyl (C=O) groups is 3. The number of primary amides is 1. The molecule has 0 unspecified atom stereocenters. The lowest BCUT2D eigenvalue weighted by atomic mass is 10.1. The van der Waals surface area contributed by atoms with E-state index in [-0.39, 0.29) is 6.42 Å². The topological polar surface area (TPSA) is 101 Å². The molecule has 0 aromatic heterocycles. The second kappa shape index (κ2) is 8.63. The van der Waals surface area contributed by atoms with Gasteiger partial charge in [-0.3, -0.25) is 14.4 Å². The lowest BCUT2D eigenvalue weighted by Gasteiger charge is -2.17. The second-order valence-corrected chi connectivity index (χ2v) is 5.77. The van der Waals surface area contributed by atoms with Crippen LogP contribution in [0.1, 0.15) is 27.9 Å². The average Bonchev–Trinajstić information content (AvgIpc) is 2.60. The molecule has 6 heteroatoms. The molecule has 0 spiro atoms. The molecule has 0 heterocycles. The summed E-state index contributed by atoms with van der Waals surface area (Å²) in [7, 11) is 0. The molecule has 130 valence electrons. The van der Waals surface area contributed by atoms with Crippen LogP contribution in [0.2, 0.25) is 0 Å². The summed E-state index contributed by atoms with van der Waals surface area (Å²) < 4.78 is 0. The Morgan fingerprint density at radius 3 is 2.24 bits per heavy atom. The summed E-state index contributed by atoms with van der Waals surface area (Å²) in [6, 6.07) is 15.1. The molecular weight excluding hydrogens is 318 g/mol. The van der Waals surface area contributed by atoms with E-state index in [1.807, 2.05) is 31.2 Å². The summed E-state index contributed by atoms with van der Waals surface area (Å²) in [5.41, 5.74) is 7.65. The first kappa shape index (κ1) is 18.2. The molecule has 0 saturated heterocycles. The van der Waals surface area contributed by atoms with Crippen LogP contribution in [0.15, 0.2) is 54.6 Å². The van der Waals surface area contributed by atoms with Gasteiger partial charge in [-0.1, -0.05) is 48.0 Å². The van der Waals surface area contributed by atoms with E-state index in [0.717, 1.165) is 11.1 Å². The highest BCUT2D eigenvalue weighted by Crippen LogP contribution is 2.04. The quantitative estimate of drug-likeness (QED) is 0.708. The minimum Gasteiger partial charge on any atom is -0.370 e. The highest BCUT2D eigenvalue weighted by molar-refractivity contribution is 5.98. The van der Waals surface area contributed by atoms with Crippen LogP contribution in [-0.2, 0) is 16.1 Å². The Balaban J connectivity index is 2.00. The standard InChI is InChI=1S/C19H21N3O3/c1-13-7-9-14(10-8-13)12-21-19(25)16(11-17(20)23)22-18(24)15-5-3-2-4-6-15/h2-10,16H,11-12H2,1H3,(H2,20,23)(H,21,25)(H,22,24)/t16-/m0/s1. The molecule has 0 saturated carbocycles.